The van der Waals surface area contributed by atoms with E-state index in [4.69, 9.17) is 5.73 Å². The van der Waals surface area contributed by atoms with Crippen molar-refractivity contribution in [2.75, 3.05) is 12.4 Å². The van der Waals surface area contributed by atoms with E-state index in [1.165, 1.54) is 12.1 Å². The molecule has 0 aliphatic heterocycles. The van der Waals surface area contributed by atoms with E-state index in [1.807, 2.05) is 0 Å². The van der Waals surface area contributed by atoms with Gasteiger partial charge in [-0.05, 0) is 17.7 Å². The Labute approximate surface area is 81.3 Å². The van der Waals surface area contributed by atoms with Crippen LogP contribution in [0.1, 0.15) is 10.4 Å². The van der Waals surface area contributed by atoms with Gasteiger partial charge in [0.05, 0.1) is 5.97 Å². The number of anilines is 1. The average Bonchev–Trinajstić information content (AvgIpc) is 2.18. The molecule has 1 aromatic rings. The first-order valence-corrected chi connectivity index (χ1v) is 3.94. The number of guanidine groups is 1. The number of benzene rings is 1. The molecular formula is C9H10N3O2-. The maximum atomic E-state index is 10.4. The van der Waals surface area contributed by atoms with Crippen molar-refractivity contribution < 1.29 is 9.90 Å². The Kier molecular flexibility index (Phi) is 3.06. The molecule has 0 aromatic heterocycles. The molecule has 0 atom stereocenters. The molecule has 5 heteroatoms. The minimum Gasteiger partial charge on any atom is -0.545 e. The van der Waals surface area contributed by atoms with Crippen molar-refractivity contribution in [2.45, 2.75) is 0 Å². The van der Waals surface area contributed by atoms with Crippen molar-refractivity contribution in [1.82, 2.24) is 0 Å². The number of rotatable bonds is 2. The summed E-state index contributed by atoms with van der Waals surface area (Å²) in [6.45, 7) is 0. The number of nitrogens with zero attached hydrogens (tertiary/aromatic N) is 1. The van der Waals surface area contributed by atoms with Crippen LogP contribution in [0.2, 0.25) is 0 Å². The maximum Gasteiger partial charge on any atom is 0.192 e. The van der Waals surface area contributed by atoms with Crippen LogP contribution < -0.4 is 16.2 Å². The van der Waals surface area contributed by atoms with E-state index in [2.05, 4.69) is 10.3 Å². The van der Waals surface area contributed by atoms with Crippen LogP contribution in [-0.4, -0.2) is 19.0 Å². The number of hydrogen-bond donors (Lipinski definition) is 2. The van der Waals surface area contributed by atoms with Crippen molar-refractivity contribution in [1.29, 1.82) is 0 Å². The van der Waals surface area contributed by atoms with E-state index in [9.17, 15) is 9.90 Å². The topological polar surface area (TPSA) is 90.5 Å². The Hall–Kier alpha value is -2.04. The van der Waals surface area contributed by atoms with Gasteiger partial charge in [0.1, 0.15) is 0 Å². The summed E-state index contributed by atoms with van der Waals surface area (Å²) in [5.41, 5.74) is 6.22. The normalized spacial score (nSPS) is 11.1. The molecule has 0 bridgehead atoms. The highest BCUT2D eigenvalue weighted by molar-refractivity contribution is 5.93. The highest BCUT2D eigenvalue weighted by Crippen LogP contribution is 2.08. The first-order chi connectivity index (χ1) is 6.63. The zero-order valence-electron chi connectivity index (χ0n) is 7.65. The van der Waals surface area contributed by atoms with E-state index < -0.39 is 5.97 Å². The lowest BCUT2D eigenvalue weighted by molar-refractivity contribution is -0.255. The number of carboxylic acids is 1. The lowest BCUT2D eigenvalue weighted by Crippen LogP contribution is -2.23. The molecular weight excluding hydrogens is 182 g/mol. The van der Waals surface area contributed by atoms with Crippen molar-refractivity contribution in [3.63, 3.8) is 0 Å². The van der Waals surface area contributed by atoms with Crippen molar-refractivity contribution in [2.24, 2.45) is 10.7 Å². The second kappa shape index (κ2) is 4.27. The van der Waals surface area contributed by atoms with Crippen LogP contribution in [0, 0.1) is 0 Å². The van der Waals surface area contributed by atoms with Crippen molar-refractivity contribution in [3.05, 3.63) is 29.8 Å². The van der Waals surface area contributed by atoms with Gasteiger partial charge in [-0.1, -0.05) is 12.1 Å². The smallest absolute Gasteiger partial charge is 0.192 e. The first kappa shape index (κ1) is 10.0. The second-order valence-electron chi connectivity index (χ2n) is 2.60. The Morgan fingerprint density at radius 1 is 1.43 bits per heavy atom. The molecule has 5 nitrogen and oxygen atoms in total. The van der Waals surface area contributed by atoms with E-state index in [1.54, 1.807) is 19.2 Å². The van der Waals surface area contributed by atoms with Crippen LogP contribution in [0.4, 0.5) is 5.69 Å². The molecule has 1 aromatic carbocycles. The van der Waals surface area contributed by atoms with Gasteiger partial charge in [0.2, 0.25) is 0 Å². The van der Waals surface area contributed by atoms with E-state index in [0.717, 1.165) is 0 Å². The number of aromatic carboxylic acids is 1. The number of carbonyl (C=O) groups is 1. The lowest BCUT2D eigenvalue weighted by Gasteiger charge is -2.06. The van der Waals surface area contributed by atoms with Gasteiger partial charge in [-0.15, -0.1) is 0 Å². The van der Waals surface area contributed by atoms with E-state index >= 15 is 0 Å². The maximum absolute atomic E-state index is 10.4. The van der Waals surface area contributed by atoms with Crippen molar-refractivity contribution >= 4 is 17.6 Å². The summed E-state index contributed by atoms with van der Waals surface area (Å²) >= 11 is 0. The van der Waals surface area contributed by atoms with Crippen LogP contribution in [0.15, 0.2) is 29.3 Å². The molecule has 0 fully saturated rings. The van der Waals surface area contributed by atoms with Gasteiger partial charge in [-0.2, -0.15) is 0 Å². The number of carboxylic acid groups (broad SMARTS) is 1. The summed E-state index contributed by atoms with van der Waals surface area (Å²) in [5, 5.41) is 13.2. The lowest BCUT2D eigenvalue weighted by atomic mass is 10.2. The Bertz CT molecular complexity index is 357. The van der Waals surface area contributed by atoms with Gasteiger partial charge in [0, 0.05) is 12.7 Å². The molecule has 0 saturated carbocycles. The second-order valence-corrected chi connectivity index (χ2v) is 2.60. The summed E-state index contributed by atoms with van der Waals surface area (Å²) < 4.78 is 0. The number of nitrogens with one attached hydrogen (secondary N) is 1. The fourth-order valence-corrected chi connectivity index (χ4v) is 0.893. The Balaban J connectivity index is 2.79. The van der Waals surface area contributed by atoms with Gasteiger partial charge in [0.15, 0.2) is 5.96 Å². The molecule has 0 heterocycles. The average molecular weight is 192 g/mol. The third-order valence-corrected chi connectivity index (χ3v) is 1.63. The molecule has 0 aliphatic rings. The summed E-state index contributed by atoms with van der Waals surface area (Å²) in [6, 6.07) is 6.04. The predicted molar refractivity (Wildman–Crippen MR) is 51.9 cm³/mol. The Morgan fingerprint density at radius 2 is 2.00 bits per heavy atom. The predicted octanol–water partition coefficient (Wildman–Crippen LogP) is -0.594. The van der Waals surface area contributed by atoms with Crippen LogP contribution in [0.25, 0.3) is 0 Å². The SMILES string of the molecule is CN=C(N)Nc1ccc(C(=O)[O-])cc1. The molecule has 0 saturated heterocycles. The molecule has 0 unspecified atom stereocenters. The molecule has 0 radical (unpaired) electrons. The standard InChI is InChI=1S/C9H11N3O2/c1-11-9(10)12-7-4-2-6(3-5-7)8(13)14/h2-5H,1H3,(H,13,14)(H3,10,11,12)/p-1. The van der Waals surface area contributed by atoms with Crippen LogP contribution >= 0.6 is 0 Å². The van der Waals surface area contributed by atoms with Crippen LogP contribution in [-0.2, 0) is 0 Å². The summed E-state index contributed by atoms with van der Waals surface area (Å²) in [5.74, 6) is -0.931. The molecule has 1 rings (SSSR count). The van der Waals surface area contributed by atoms with Gasteiger partial charge in [0.25, 0.3) is 0 Å². The third kappa shape index (κ3) is 2.48. The highest BCUT2D eigenvalue weighted by Gasteiger charge is 1.95. The fraction of sp³-hybridized carbons (Fsp3) is 0.111. The minimum atomic E-state index is -1.20. The van der Waals surface area contributed by atoms with Gasteiger partial charge >= 0.3 is 0 Å². The molecule has 3 N–H and O–H groups in total. The quantitative estimate of drug-likeness (QED) is 0.484. The van der Waals surface area contributed by atoms with E-state index in [-0.39, 0.29) is 11.5 Å². The number of carbonyl (C=O) groups excluding carboxylic acids is 1. The third-order valence-electron chi connectivity index (χ3n) is 1.63. The number of nitrogens with two attached hydrogens (primary N) is 1. The first-order valence-electron chi connectivity index (χ1n) is 3.94. The van der Waals surface area contributed by atoms with Crippen LogP contribution in [0.3, 0.4) is 0 Å². The Morgan fingerprint density at radius 3 is 2.43 bits per heavy atom. The van der Waals surface area contributed by atoms with Gasteiger partial charge in [-0.3, -0.25) is 4.99 Å². The fourth-order valence-electron chi connectivity index (χ4n) is 0.893. The summed E-state index contributed by atoms with van der Waals surface area (Å²) in [4.78, 5) is 14.1. The molecule has 74 valence electrons. The largest absolute Gasteiger partial charge is 0.545 e. The monoisotopic (exact) mass is 192 g/mol. The summed E-state index contributed by atoms with van der Waals surface area (Å²) in [6.07, 6.45) is 0. The van der Waals surface area contributed by atoms with Crippen molar-refractivity contribution in [3.8, 4) is 0 Å². The zero-order chi connectivity index (χ0) is 10.6. The number of hydrogen-bond acceptors (Lipinski definition) is 3. The molecule has 14 heavy (non-hydrogen) atoms. The van der Waals surface area contributed by atoms with E-state index in [0.29, 0.717) is 5.69 Å². The molecule has 0 amide bonds. The van der Waals surface area contributed by atoms with Crippen LogP contribution in [0.5, 0.6) is 0 Å². The van der Waals surface area contributed by atoms with Gasteiger partial charge in [-0.25, -0.2) is 0 Å². The highest BCUT2D eigenvalue weighted by atomic mass is 16.4. The number of aliphatic imine (C=N–C) groups is 1. The molecule has 0 aliphatic carbocycles. The molecule has 0 spiro atoms. The minimum absolute atomic E-state index is 0.127. The van der Waals surface area contributed by atoms with Gasteiger partial charge < -0.3 is 21.0 Å². The zero-order valence-corrected chi connectivity index (χ0v) is 7.65. The summed E-state index contributed by atoms with van der Waals surface area (Å²) in [7, 11) is 1.55.